The van der Waals surface area contributed by atoms with Gasteiger partial charge in [0.25, 0.3) is 0 Å². The highest BCUT2D eigenvalue weighted by atomic mass is 31.1. The SMILES string of the molecule is CN1P2NCCN(CCN2)CC1(C)C. The molecule has 0 radical (unpaired) electrons. The number of nitrogens with zero attached hydrogens (tertiary/aromatic N) is 2. The second-order valence-corrected chi connectivity index (χ2v) is 6.60. The summed E-state index contributed by atoms with van der Waals surface area (Å²) in [4.78, 5) is 2.54. The lowest BCUT2D eigenvalue weighted by atomic mass is 10.1. The first-order chi connectivity index (χ1) is 6.59. The fraction of sp³-hybridized carbons (Fsp3) is 1.00. The molecular weight excluding hydrogens is 195 g/mol. The van der Waals surface area contributed by atoms with Crippen molar-refractivity contribution in [2.45, 2.75) is 19.4 Å². The molecule has 3 heterocycles. The van der Waals surface area contributed by atoms with Gasteiger partial charge in [-0.1, -0.05) is 0 Å². The van der Waals surface area contributed by atoms with Crippen LogP contribution in [0.5, 0.6) is 0 Å². The normalized spacial score (nSPS) is 38.8. The average Bonchev–Trinajstić information content (AvgIpc) is 2.06. The van der Waals surface area contributed by atoms with Gasteiger partial charge in [-0.3, -0.25) is 19.7 Å². The first kappa shape index (κ1) is 10.8. The van der Waals surface area contributed by atoms with E-state index < -0.39 is 0 Å². The van der Waals surface area contributed by atoms with E-state index in [1.54, 1.807) is 0 Å². The van der Waals surface area contributed by atoms with Crippen LogP contribution in [-0.4, -0.2) is 54.9 Å². The molecule has 3 aliphatic heterocycles. The van der Waals surface area contributed by atoms with Crippen molar-refractivity contribution < 1.29 is 0 Å². The van der Waals surface area contributed by atoms with E-state index in [1.807, 2.05) is 0 Å². The molecule has 3 aliphatic rings. The summed E-state index contributed by atoms with van der Waals surface area (Å²) in [5.41, 5.74) is 0.270. The Hall–Kier alpha value is 0.270. The highest BCUT2D eigenvalue weighted by Crippen LogP contribution is 2.38. The molecule has 0 unspecified atom stereocenters. The topological polar surface area (TPSA) is 30.5 Å². The lowest BCUT2D eigenvalue weighted by molar-refractivity contribution is 0.144. The Morgan fingerprint density at radius 2 is 1.71 bits per heavy atom. The van der Waals surface area contributed by atoms with E-state index in [2.05, 4.69) is 40.6 Å². The molecule has 0 saturated carbocycles. The van der Waals surface area contributed by atoms with E-state index >= 15 is 0 Å². The largest absolute Gasteiger partial charge is 0.299 e. The van der Waals surface area contributed by atoms with Gasteiger partial charge in [-0.2, -0.15) is 0 Å². The van der Waals surface area contributed by atoms with Crippen LogP contribution in [-0.2, 0) is 0 Å². The summed E-state index contributed by atoms with van der Waals surface area (Å²) < 4.78 is 2.47. The van der Waals surface area contributed by atoms with E-state index in [9.17, 15) is 0 Å². The van der Waals surface area contributed by atoms with Crippen LogP contribution in [0.4, 0.5) is 0 Å². The molecular formula is C9H21N4P. The van der Waals surface area contributed by atoms with E-state index in [4.69, 9.17) is 0 Å². The molecule has 3 rings (SSSR count). The fourth-order valence-electron chi connectivity index (χ4n) is 2.09. The molecule has 0 spiro atoms. The van der Waals surface area contributed by atoms with Gasteiger partial charge in [0.1, 0.15) is 8.37 Å². The van der Waals surface area contributed by atoms with Crippen LogP contribution in [0.15, 0.2) is 0 Å². The quantitative estimate of drug-likeness (QED) is 0.575. The molecule has 4 nitrogen and oxygen atoms in total. The molecule has 0 atom stereocenters. The summed E-state index contributed by atoms with van der Waals surface area (Å²) in [6.07, 6.45) is 0. The summed E-state index contributed by atoms with van der Waals surface area (Å²) in [7, 11) is 1.90. The third-order valence-corrected chi connectivity index (χ3v) is 5.35. The van der Waals surface area contributed by atoms with Gasteiger partial charge in [0.15, 0.2) is 0 Å². The van der Waals surface area contributed by atoms with Gasteiger partial charge in [0.2, 0.25) is 0 Å². The van der Waals surface area contributed by atoms with E-state index in [-0.39, 0.29) is 13.9 Å². The summed E-state index contributed by atoms with van der Waals surface area (Å²) in [6, 6.07) is 0. The summed E-state index contributed by atoms with van der Waals surface area (Å²) in [5, 5.41) is 7.19. The van der Waals surface area contributed by atoms with Crippen LogP contribution in [0.25, 0.3) is 0 Å². The number of rotatable bonds is 0. The van der Waals surface area contributed by atoms with Crippen molar-refractivity contribution in [3.8, 4) is 0 Å². The minimum Gasteiger partial charge on any atom is -0.299 e. The van der Waals surface area contributed by atoms with Gasteiger partial charge in [0, 0.05) is 38.3 Å². The van der Waals surface area contributed by atoms with Crippen LogP contribution >= 0.6 is 8.37 Å². The molecule has 2 N–H and O–H groups in total. The highest BCUT2D eigenvalue weighted by Gasteiger charge is 2.34. The molecule has 82 valence electrons. The standard InChI is InChI=1S/C9H21N4P/c1-9(2)8-13-6-4-10-14(12(9)3)11-5-7-13/h10-11H,4-8H2,1-3H3. The van der Waals surface area contributed by atoms with Crippen LogP contribution in [0.1, 0.15) is 13.8 Å². The minimum absolute atomic E-state index is 0.270. The van der Waals surface area contributed by atoms with Crippen molar-refractivity contribution in [2.24, 2.45) is 0 Å². The minimum atomic E-state index is -0.320. The van der Waals surface area contributed by atoms with Crippen molar-refractivity contribution in [2.75, 3.05) is 39.8 Å². The zero-order valence-electron chi connectivity index (χ0n) is 9.38. The number of fused-ring (bicyclic) bond motifs is 6. The maximum atomic E-state index is 3.60. The van der Waals surface area contributed by atoms with Crippen LogP contribution in [0.2, 0.25) is 0 Å². The second-order valence-electron chi connectivity index (χ2n) is 4.74. The third-order valence-electron chi connectivity index (χ3n) is 3.17. The molecule has 0 amide bonds. The molecule has 3 saturated heterocycles. The van der Waals surface area contributed by atoms with E-state index in [0.29, 0.717) is 0 Å². The molecule has 0 aromatic rings. The molecule has 0 aliphatic carbocycles. The van der Waals surface area contributed by atoms with Crippen molar-refractivity contribution in [3.63, 3.8) is 0 Å². The molecule has 0 aromatic carbocycles. The predicted molar refractivity (Wildman–Crippen MR) is 61.2 cm³/mol. The monoisotopic (exact) mass is 216 g/mol. The van der Waals surface area contributed by atoms with Gasteiger partial charge < -0.3 is 0 Å². The average molecular weight is 216 g/mol. The van der Waals surface area contributed by atoms with Crippen LogP contribution in [0, 0.1) is 0 Å². The molecule has 14 heavy (non-hydrogen) atoms. The Balaban J connectivity index is 2.18. The summed E-state index contributed by atoms with van der Waals surface area (Å²) in [6.45, 7) is 10.4. The third kappa shape index (κ3) is 2.10. The van der Waals surface area contributed by atoms with Gasteiger partial charge in [-0.05, 0) is 20.9 Å². The molecule has 0 aromatic heterocycles. The zero-order chi connectivity index (χ0) is 10.2. The molecule has 2 bridgehead atoms. The maximum Gasteiger partial charge on any atom is 0.114 e. The Morgan fingerprint density at radius 3 is 2.29 bits per heavy atom. The number of nitrogens with one attached hydrogen (secondary N) is 2. The predicted octanol–water partition coefficient (Wildman–Crippen LogP) is 0.432. The lowest BCUT2D eigenvalue weighted by Gasteiger charge is -2.48. The first-order valence-corrected chi connectivity index (χ1v) is 6.62. The molecule has 3 fully saturated rings. The fourth-order valence-corrected chi connectivity index (χ4v) is 3.85. The Morgan fingerprint density at radius 1 is 1.14 bits per heavy atom. The van der Waals surface area contributed by atoms with Gasteiger partial charge >= 0.3 is 0 Å². The second kappa shape index (κ2) is 4.03. The summed E-state index contributed by atoms with van der Waals surface area (Å²) >= 11 is 0. The van der Waals surface area contributed by atoms with Crippen molar-refractivity contribution in [3.05, 3.63) is 0 Å². The van der Waals surface area contributed by atoms with E-state index in [0.717, 1.165) is 13.1 Å². The number of likely N-dealkylation sites (N-methyl/N-ethyl adjacent to an activating group) is 1. The Labute approximate surface area is 87.9 Å². The van der Waals surface area contributed by atoms with Crippen molar-refractivity contribution in [1.29, 1.82) is 0 Å². The molecule has 5 heteroatoms. The van der Waals surface area contributed by atoms with Crippen molar-refractivity contribution >= 4 is 8.37 Å². The first-order valence-electron chi connectivity index (χ1n) is 5.33. The van der Waals surface area contributed by atoms with Crippen LogP contribution in [0.3, 0.4) is 0 Å². The van der Waals surface area contributed by atoms with Crippen molar-refractivity contribution in [1.82, 2.24) is 19.7 Å². The Bertz CT molecular complexity index is 199. The Kier molecular flexibility index (Phi) is 3.10. The maximum absolute atomic E-state index is 3.60. The van der Waals surface area contributed by atoms with Gasteiger partial charge in [-0.15, -0.1) is 0 Å². The van der Waals surface area contributed by atoms with Gasteiger partial charge in [0.05, 0.1) is 0 Å². The number of hydrogen-bond acceptors (Lipinski definition) is 4. The van der Waals surface area contributed by atoms with Crippen LogP contribution < -0.4 is 10.2 Å². The lowest BCUT2D eigenvalue weighted by Crippen LogP contribution is -2.57. The van der Waals surface area contributed by atoms with E-state index in [1.165, 1.54) is 19.6 Å². The number of hydrogen-bond donors (Lipinski definition) is 2. The van der Waals surface area contributed by atoms with Gasteiger partial charge in [-0.25, -0.2) is 0 Å². The highest BCUT2D eigenvalue weighted by molar-refractivity contribution is 7.50. The summed E-state index contributed by atoms with van der Waals surface area (Å²) in [5.74, 6) is 0. The zero-order valence-corrected chi connectivity index (χ0v) is 10.3. The smallest absolute Gasteiger partial charge is 0.114 e.